The molecule has 0 heterocycles. The molecule has 1 N–H and O–H groups in total. The highest BCUT2D eigenvalue weighted by Gasteiger charge is 2.31. The Morgan fingerprint density at radius 2 is 1.75 bits per heavy atom. The van der Waals surface area contributed by atoms with Gasteiger partial charge in [0.25, 0.3) is 0 Å². The van der Waals surface area contributed by atoms with Crippen LogP contribution in [0.25, 0.3) is 0 Å². The average Bonchev–Trinajstić information content (AvgIpc) is 2.63. The zero-order valence-electron chi connectivity index (χ0n) is 15.7. The highest BCUT2D eigenvalue weighted by molar-refractivity contribution is 7.92. The number of methoxy groups -OCH3 is 2. The Bertz CT molecular complexity index is 982. The number of nitrogens with one attached hydrogen (secondary N) is 1. The number of sulfonamides is 1. The third kappa shape index (κ3) is 4.69. The van der Waals surface area contributed by atoms with Crippen molar-refractivity contribution in [3.63, 3.8) is 0 Å². The number of benzene rings is 2. The summed E-state index contributed by atoms with van der Waals surface area (Å²) in [6, 6.07) is 6.10. The maximum Gasteiger partial charge on any atom is 0.247 e. The Hall–Kier alpha value is -2.88. The van der Waals surface area contributed by atoms with Gasteiger partial charge in [0.2, 0.25) is 15.9 Å². The Morgan fingerprint density at radius 3 is 2.29 bits per heavy atom. The van der Waals surface area contributed by atoms with Crippen LogP contribution in [-0.2, 0) is 14.8 Å². The Labute approximate surface area is 161 Å². The minimum absolute atomic E-state index is 0.0122. The van der Waals surface area contributed by atoms with Crippen molar-refractivity contribution in [2.75, 3.05) is 30.1 Å². The highest BCUT2D eigenvalue weighted by atomic mass is 32.2. The number of hydrogen-bond acceptors (Lipinski definition) is 5. The number of hydrogen-bond donors (Lipinski definition) is 1. The van der Waals surface area contributed by atoms with E-state index in [1.165, 1.54) is 39.3 Å². The van der Waals surface area contributed by atoms with Gasteiger partial charge < -0.3 is 14.8 Å². The molecule has 7 nitrogen and oxygen atoms in total. The number of halogens is 2. The van der Waals surface area contributed by atoms with E-state index in [1.807, 2.05) is 0 Å². The van der Waals surface area contributed by atoms with Gasteiger partial charge in [-0.05, 0) is 31.2 Å². The molecule has 0 aliphatic carbocycles. The molecule has 0 aliphatic heterocycles. The summed E-state index contributed by atoms with van der Waals surface area (Å²) in [6.45, 7) is 1.36. The van der Waals surface area contributed by atoms with E-state index >= 15 is 0 Å². The summed E-state index contributed by atoms with van der Waals surface area (Å²) in [5.74, 6) is -2.39. The lowest BCUT2D eigenvalue weighted by molar-refractivity contribution is -0.116. The standard InChI is InChI=1S/C18H20F2N2O5S/c1-11(18(23)21-12-5-7-14(19)15(20)9-12)22(28(4,24)25)16-10-13(26-2)6-8-17(16)27-3/h5-11H,1-4H3,(H,21,23)/t11-/m0/s1. The number of nitrogens with zero attached hydrogens (tertiary/aromatic N) is 1. The van der Waals surface area contributed by atoms with Crippen molar-refractivity contribution in [2.45, 2.75) is 13.0 Å². The Kier molecular flexibility index (Phi) is 6.45. The first-order chi connectivity index (χ1) is 13.1. The summed E-state index contributed by atoms with van der Waals surface area (Å²) in [5.41, 5.74) is 0.0825. The van der Waals surface area contributed by atoms with Crippen molar-refractivity contribution >= 4 is 27.3 Å². The predicted molar refractivity (Wildman–Crippen MR) is 101 cm³/mol. The summed E-state index contributed by atoms with van der Waals surface area (Å²) >= 11 is 0. The van der Waals surface area contributed by atoms with Crippen LogP contribution < -0.4 is 19.1 Å². The summed E-state index contributed by atoms with van der Waals surface area (Å²) in [6.07, 6.45) is 0.938. The van der Waals surface area contributed by atoms with E-state index in [9.17, 15) is 22.0 Å². The van der Waals surface area contributed by atoms with Crippen LogP contribution in [0.5, 0.6) is 11.5 Å². The largest absolute Gasteiger partial charge is 0.497 e. The van der Waals surface area contributed by atoms with E-state index < -0.39 is 33.6 Å². The first-order valence-corrected chi connectivity index (χ1v) is 9.90. The molecule has 0 saturated heterocycles. The van der Waals surface area contributed by atoms with E-state index in [2.05, 4.69) is 5.32 Å². The lowest BCUT2D eigenvalue weighted by Crippen LogP contribution is -2.45. The van der Waals surface area contributed by atoms with Crippen LogP contribution in [0.1, 0.15) is 6.92 Å². The van der Waals surface area contributed by atoms with Crippen molar-refractivity contribution in [1.29, 1.82) is 0 Å². The van der Waals surface area contributed by atoms with E-state index in [0.717, 1.165) is 22.7 Å². The van der Waals surface area contributed by atoms with Crippen LogP contribution in [0.2, 0.25) is 0 Å². The third-order valence-electron chi connectivity index (χ3n) is 3.90. The molecule has 0 unspecified atom stereocenters. The maximum absolute atomic E-state index is 13.4. The van der Waals surface area contributed by atoms with Gasteiger partial charge in [0.1, 0.15) is 17.5 Å². The third-order valence-corrected chi connectivity index (χ3v) is 5.13. The van der Waals surface area contributed by atoms with E-state index in [-0.39, 0.29) is 17.1 Å². The summed E-state index contributed by atoms with van der Waals surface area (Å²) in [7, 11) is -1.15. The molecule has 1 atom stereocenters. The molecule has 2 rings (SSSR count). The van der Waals surface area contributed by atoms with Crippen molar-refractivity contribution in [1.82, 2.24) is 0 Å². The lowest BCUT2D eigenvalue weighted by atomic mass is 10.2. The van der Waals surface area contributed by atoms with Gasteiger partial charge in [-0.15, -0.1) is 0 Å². The van der Waals surface area contributed by atoms with Crippen molar-refractivity contribution in [2.24, 2.45) is 0 Å². The molecule has 0 fully saturated rings. The number of anilines is 2. The molecule has 2 aromatic rings. The Morgan fingerprint density at radius 1 is 1.07 bits per heavy atom. The molecule has 152 valence electrons. The normalized spacial score (nSPS) is 12.2. The molecule has 0 radical (unpaired) electrons. The number of carbonyl (C=O) groups excluding carboxylic acids is 1. The zero-order chi connectivity index (χ0) is 21.1. The molecule has 0 bridgehead atoms. The zero-order valence-corrected chi connectivity index (χ0v) is 16.5. The molecule has 0 aromatic heterocycles. The Balaban J connectivity index is 2.43. The van der Waals surface area contributed by atoms with Crippen molar-refractivity contribution < 1.29 is 31.5 Å². The highest BCUT2D eigenvalue weighted by Crippen LogP contribution is 2.35. The smallest absolute Gasteiger partial charge is 0.247 e. The second-order valence-corrected chi connectivity index (χ2v) is 7.75. The van der Waals surface area contributed by atoms with Gasteiger partial charge in [0.05, 0.1) is 26.2 Å². The van der Waals surface area contributed by atoms with Crippen LogP contribution in [-0.4, -0.2) is 40.8 Å². The summed E-state index contributed by atoms with van der Waals surface area (Å²) in [5, 5.41) is 2.37. The van der Waals surface area contributed by atoms with Crippen LogP contribution in [0, 0.1) is 11.6 Å². The van der Waals surface area contributed by atoms with Gasteiger partial charge >= 0.3 is 0 Å². The minimum atomic E-state index is -3.92. The first kappa shape index (κ1) is 21.4. The van der Waals surface area contributed by atoms with E-state index in [1.54, 1.807) is 6.07 Å². The summed E-state index contributed by atoms with van der Waals surface area (Å²) in [4.78, 5) is 12.6. The molecule has 0 aliphatic rings. The molecule has 10 heteroatoms. The number of carbonyl (C=O) groups is 1. The van der Waals surface area contributed by atoms with Gasteiger partial charge in [0, 0.05) is 17.8 Å². The number of amides is 1. The van der Waals surface area contributed by atoms with Crippen molar-refractivity contribution in [3.8, 4) is 11.5 Å². The molecule has 2 aromatic carbocycles. The average molecular weight is 414 g/mol. The van der Waals surface area contributed by atoms with Crippen LogP contribution >= 0.6 is 0 Å². The van der Waals surface area contributed by atoms with Gasteiger partial charge in [-0.3, -0.25) is 9.10 Å². The fourth-order valence-electron chi connectivity index (χ4n) is 2.57. The molecule has 0 spiro atoms. The molecular weight excluding hydrogens is 394 g/mol. The van der Waals surface area contributed by atoms with Crippen LogP contribution in [0.15, 0.2) is 36.4 Å². The van der Waals surface area contributed by atoms with Crippen molar-refractivity contribution in [3.05, 3.63) is 48.0 Å². The van der Waals surface area contributed by atoms with E-state index in [4.69, 9.17) is 9.47 Å². The maximum atomic E-state index is 13.4. The topological polar surface area (TPSA) is 84.9 Å². The molecule has 0 saturated carbocycles. The minimum Gasteiger partial charge on any atom is -0.497 e. The van der Waals surface area contributed by atoms with Crippen LogP contribution in [0.4, 0.5) is 20.2 Å². The molecular formula is C18H20F2N2O5S. The summed E-state index contributed by atoms with van der Waals surface area (Å²) < 4.78 is 62.5. The fourth-order valence-corrected chi connectivity index (χ4v) is 3.74. The van der Waals surface area contributed by atoms with E-state index in [0.29, 0.717) is 5.75 Å². The van der Waals surface area contributed by atoms with Crippen LogP contribution in [0.3, 0.4) is 0 Å². The van der Waals surface area contributed by atoms with Gasteiger partial charge in [-0.1, -0.05) is 0 Å². The second kappa shape index (κ2) is 8.42. The van der Waals surface area contributed by atoms with Gasteiger partial charge in [-0.25, -0.2) is 17.2 Å². The van der Waals surface area contributed by atoms with Gasteiger partial charge in [0.15, 0.2) is 11.6 Å². The fraction of sp³-hybridized carbons (Fsp3) is 0.278. The monoisotopic (exact) mass is 414 g/mol. The molecule has 28 heavy (non-hydrogen) atoms. The second-order valence-electron chi connectivity index (χ2n) is 5.89. The quantitative estimate of drug-likeness (QED) is 0.753. The first-order valence-electron chi connectivity index (χ1n) is 8.05. The SMILES string of the molecule is COc1ccc(OC)c(N([C@@H](C)C(=O)Nc2ccc(F)c(F)c2)S(C)(=O)=O)c1. The lowest BCUT2D eigenvalue weighted by Gasteiger charge is -2.29. The number of rotatable bonds is 7. The number of ether oxygens (including phenoxy) is 2. The predicted octanol–water partition coefficient (Wildman–Crippen LogP) is 2.78. The van der Waals surface area contributed by atoms with Gasteiger partial charge in [-0.2, -0.15) is 0 Å². The molecule has 1 amide bonds.